The Bertz CT molecular complexity index is 1090. The van der Waals surface area contributed by atoms with Crippen LogP contribution >= 0.6 is 0 Å². The molecule has 2 aromatic carbocycles. The number of aryl methyl sites for hydroxylation is 4. The maximum absolute atomic E-state index is 4.69. The van der Waals surface area contributed by atoms with Crippen LogP contribution in [0.3, 0.4) is 0 Å². The highest BCUT2D eigenvalue weighted by Crippen LogP contribution is 2.19. The molecule has 0 saturated heterocycles. The van der Waals surface area contributed by atoms with Crippen molar-refractivity contribution < 1.29 is 0 Å². The summed E-state index contributed by atoms with van der Waals surface area (Å²) < 4.78 is 0. The van der Waals surface area contributed by atoms with Gasteiger partial charge in [0.15, 0.2) is 0 Å². The van der Waals surface area contributed by atoms with Gasteiger partial charge in [0.25, 0.3) is 0 Å². The largest absolute Gasteiger partial charge is 0.157 e. The molecule has 0 aliphatic carbocycles. The molecule has 0 amide bonds. The van der Waals surface area contributed by atoms with Crippen molar-refractivity contribution in [3.05, 3.63) is 82.4 Å². The molecule has 4 aromatic rings. The fourth-order valence-corrected chi connectivity index (χ4v) is 3.25. The zero-order valence-electron chi connectivity index (χ0n) is 16.0. The number of nitrogens with zero attached hydrogens (tertiary/aromatic N) is 6. The van der Waals surface area contributed by atoms with E-state index in [2.05, 4.69) is 72.4 Å². The summed E-state index contributed by atoms with van der Waals surface area (Å²) in [6.07, 6.45) is 5.94. The molecule has 0 aliphatic heterocycles. The molecule has 0 unspecified atom stereocenters. The number of hydrogen-bond acceptors (Lipinski definition) is 4. The molecule has 0 bridgehead atoms. The van der Waals surface area contributed by atoms with Gasteiger partial charge in [0, 0.05) is 6.42 Å². The lowest BCUT2D eigenvalue weighted by atomic mass is 10.1. The van der Waals surface area contributed by atoms with Crippen molar-refractivity contribution in [2.24, 2.45) is 0 Å². The van der Waals surface area contributed by atoms with Crippen LogP contribution in [0.5, 0.6) is 0 Å². The molecule has 0 aliphatic rings. The average molecular weight is 358 g/mol. The molecule has 0 atom stereocenters. The van der Waals surface area contributed by atoms with Gasteiger partial charge >= 0.3 is 0 Å². The lowest BCUT2D eigenvalue weighted by Crippen LogP contribution is -2.04. The average Bonchev–Trinajstić information content (AvgIpc) is 3.30. The molecule has 2 heterocycles. The zero-order chi connectivity index (χ0) is 19.0. The molecule has 136 valence electrons. The van der Waals surface area contributed by atoms with Crippen molar-refractivity contribution in [1.29, 1.82) is 0 Å². The fourth-order valence-electron chi connectivity index (χ4n) is 3.25. The molecule has 6 nitrogen and oxygen atoms in total. The number of hydrogen-bond donors (Lipinski definition) is 0. The lowest BCUT2D eigenvalue weighted by Gasteiger charge is -2.08. The van der Waals surface area contributed by atoms with Gasteiger partial charge in [-0.05, 0) is 67.6 Å². The van der Waals surface area contributed by atoms with Gasteiger partial charge in [-0.3, -0.25) is 0 Å². The quantitative estimate of drug-likeness (QED) is 0.558. The fraction of sp³-hybridized carbons (Fsp3) is 0.238. The van der Waals surface area contributed by atoms with Gasteiger partial charge in [-0.25, -0.2) is 0 Å². The van der Waals surface area contributed by atoms with Gasteiger partial charge in [0.1, 0.15) is 0 Å². The van der Waals surface area contributed by atoms with Crippen LogP contribution in [0.1, 0.15) is 33.5 Å². The summed E-state index contributed by atoms with van der Waals surface area (Å²) in [5.41, 5.74) is 8.97. The highest BCUT2D eigenvalue weighted by atomic mass is 15.5. The molecule has 27 heavy (non-hydrogen) atoms. The Morgan fingerprint density at radius 2 is 1.41 bits per heavy atom. The highest BCUT2D eigenvalue weighted by molar-refractivity contribution is 5.45. The van der Waals surface area contributed by atoms with Gasteiger partial charge in [-0.15, -0.1) is 0 Å². The predicted octanol–water partition coefficient (Wildman–Crippen LogP) is 3.67. The van der Waals surface area contributed by atoms with E-state index in [1.807, 2.05) is 12.3 Å². The van der Waals surface area contributed by atoms with E-state index in [4.69, 9.17) is 0 Å². The van der Waals surface area contributed by atoms with E-state index in [1.54, 1.807) is 22.0 Å². The summed E-state index contributed by atoms with van der Waals surface area (Å²) in [5, 5.41) is 17.6. The molecule has 4 rings (SSSR count). The third-order valence-electron chi connectivity index (χ3n) is 4.85. The van der Waals surface area contributed by atoms with Crippen molar-refractivity contribution in [2.75, 3.05) is 0 Å². The minimum absolute atomic E-state index is 0.734. The van der Waals surface area contributed by atoms with Crippen LogP contribution in [-0.2, 0) is 6.42 Å². The van der Waals surface area contributed by atoms with Crippen molar-refractivity contribution in [3.63, 3.8) is 0 Å². The van der Waals surface area contributed by atoms with Crippen molar-refractivity contribution >= 4 is 0 Å². The molecule has 0 saturated carbocycles. The van der Waals surface area contributed by atoms with Gasteiger partial charge in [-0.1, -0.05) is 18.2 Å². The molecule has 0 spiro atoms. The maximum atomic E-state index is 4.69. The second-order valence-corrected chi connectivity index (χ2v) is 6.96. The van der Waals surface area contributed by atoms with E-state index in [0.717, 1.165) is 29.1 Å². The second-order valence-electron chi connectivity index (χ2n) is 6.96. The van der Waals surface area contributed by atoms with Crippen LogP contribution in [0.4, 0.5) is 0 Å². The molecule has 6 heteroatoms. The SMILES string of the molecule is Cc1cc(C)c(-n2ncc(Cc3ccc(-n4nccn4)c(C)c3)n2)cc1C. The van der Waals surface area contributed by atoms with Gasteiger partial charge in [0.2, 0.25) is 0 Å². The van der Waals surface area contributed by atoms with E-state index in [-0.39, 0.29) is 0 Å². The molecule has 2 aromatic heterocycles. The first-order valence-corrected chi connectivity index (χ1v) is 8.97. The van der Waals surface area contributed by atoms with Crippen LogP contribution in [-0.4, -0.2) is 30.0 Å². The van der Waals surface area contributed by atoms with Gasteiger partial charge in [0.05, 0.1) is 35.7 Å². The van der Waals surface area contributed by atoms with Crippen molar-refractivity contribution in [1.82, 2.24) is 30.0 Å². The Balaban J connectivity index is 1.58. The van der Waals surface area contributed by atoms with Crippen LogP contribution in [0, 0.1) is 27.7 Å². The first-order valence-electron chi connectivity index (χ1n) is 8.97. The topological polar surface area (TPSA) is 61.4 Å². The monoisotopic (exact) mass is 358 g/mol. The van der Waals surface area contributed by atoms with Gasteiger partial charge < -0.3 is 0 Å². The van der Waals surface area contributed by atoms with E-state index in [9.17, 15) is 0 Å². The summed E-state index contributed by atoms with van der Waals surface area (Å²) >= 11 is 0. The molecule has 0 N–H and O–H groups in total. The van der Waals surface area contributed by atoms with E-state index in [1.165, 1.54) is 22.3 Å². The molecular formula is C21H22N6. The molecular weight excluding hydrogens is 336 g/mol. The standard InChI is InChI=1S/C21H22N6/c1-14-9-16(3)21(11-15(14)2)27-24-13-19(25-27)12-18-5-6-20(17(4)10-18)26-22-7-8-23-26/h5-11,13H,12H2,1-4H3. The number of rotatable bonds is 4. The van der Waals surface area contributed by atoms with E-state index < -0.39 is 0 Å². The Kier molecular flexibility index (Phi) is 4.32. The Hall–Kier alpha value is -3.28. The smallest absolute Gasteiger partial charge is 0.0888 e. The summed E-state index contributed by atoms with van der Waals surface area (Å²) in [6, 6.07) is 10.6. The third kappa shape index (κ3) is 3.38. The summed E-state index contributed by atoms with van der Waals surface area (Å²) in [4.78, 5) is 3.36. The highest BCUT2D eigenvalue weighted by Gasteiger charge is 2.10. The first kappa shape index (κ1) is 17.1. The maximum Gasteiger partial charge on any atom is 0.0888 e. The van der Waals surface area contributed by atoms with Crippen LogP contribution in [0.15, 0.2) is 48.9 Å². The molecule has 0 radical (unpaired) electrons. The molecule has 0 fully saturated rings. The lowest BCUT2D eigenvalue weighted by molar-refractivity contribution is 0.735. The summed E-state index contributed by atoms with van der Waals surface area (Å²) in [7, 11) is 0. The third-order valence-corrected chi connectivity index (χ3v) is 4.85. The minimum atomic E-state index is 0.734. The van der Waals surface area contributed by atoms with Crippen LogP contribution in [0.25, 0.3) is 11.4 Å². The first-order chi connectivity index (χ1) is 13.0. The van der Waals surface area contributed by atoms with Crippen LogP contribution < -0.4 is 0 Å². The summed E-state index contributed by atoms with van der Waals surface area (Å²) in [6.45, 7) is 8.40. The Labute approximate surface area is 158 Å². The van der Waals surface area contributed by atoms with Crippen molar-refractivity contribution in [3.8, 4) is 11.4 Å². The predicted molar refractivity (Wildman–Crippen MR) is 104 cm³/mol. The Morgan fingerprint density at radius 3 is 2.15 bits per heavy atom. The minimum Gasteiger partial charge on any atom is -0.157 e. The second kappa shape index (κ2) is 6.79. The Morgan fingerprint density at radius 1 is 0.704 bits per heavy atom. The number of aromatic nitrogens is 6. The summed E-state index contributed by atoms with van der Waals surface area (Å²) in [5.74, 6) is 0. The van der Waals surface area contributed by atoms with Gasteiger partial charge in [-0.2, -0.15) is 30.0 Å². The van der Waals surface area contributed by atoms with E-state index >= 15 is 0 Å². The number of benzene rings is 2. The zero-order valence-corrected chi connectivity index (χ0v) is 16.0. The van der Waals surface area contributed by atoms with Crippen molar-refractivity contribution in [2.45, 2.75) is 34.1 Å². The van der Waals surface area contributed by atoms with E-state index in [0.29, 0.717) is 0 Å². The van der Waals surface area contributed by atoms with Crippen LogP contribution in [0.2, 0.25) is 0 Å². The normalized spacial score (nSPS) is 11.1.